The van der Waals surface area contributed by atoms with Crippen LogP contribution in [0.3, 0.4) is 0 Å². The van der Waals surface area contributed by atoms with E-state index in [1.165, 1.54) is 7.11 Å². The summed E-state index contributed by atoms with van der Waals surface area (Å²) in [6.45, 7) is 1.92. The molecule has 2 aromatic carbocycles. The first kappa shape index (κ1) is 16.1. The third kappa shape index (κ3) is 2.86. The Morgan fingerprint density at radius 2 is 2.04 bits per heavy atom. The molecule has 3 aromatic rings. The number of amides is 1. The van der Waals surface area contributed by atoms with Crippen molar-refractivity contribution in [2.24, 2.45) is 0 Å². The lowest BCUT2D eigenvalue weighted by Crippen LogP contribution is -2.15. The number of aryl methyl sites for hydroxylation is 1. The zero-order valence-corrected chi connectivity index (χ0v) is 14.0. The maximum absolute atomic E-state index is 12.8. The number of pyridine rings is 1. The van der Waals surface area contributed by atoms with Crippen molar-refractivity contribution in [3.8, 4) is 5.75 Å². The summed E-state index contributed by atoms with van der Waals surface area (Å²) in [4.78, 5) is 17.0. The van der Waals surface area contributed by atoms with Crippen LogP contribution in [0.25, 0.3) is 10.8 Å². The maximum atomic E-state index is 12.8. The number of hydrogen-bond acceptors (Lipinski definition) is 4. The fourth-order valence-electron chi connectivity index (χ4n) is 2.62. The van der Waals surface area contributed by atoms with Crippen molar-refractivity contribution >= 4 is 39.7 Å². The lowest BCUT2D eigenvalue weighted by Gasteiger charge is -2.13. The number of carbonyl (C=O) groups is 1. The number of anilines is 2. The molecular weight excluding hydrogens is 326 g/mol. The molecule has 1 amide bonds. The van der Waals surface area contributed by atoms with Gasteiger partial charge in [0.1, 0.15) is 11.4 Å². The summed E-state index contributed by atoms with van der Waals surface area (Å²) in [6, 6.07) is 10.5. The van der Waals surface area contributed by atoms with E-state index in [1.54, 1.807) is 30.5 Å². The first-order valence-electron chi connectivity index (χ1n) is 7.30. The van der Waals surface area contributed by atoms with E-state index in [9.17, 15) is 4.79 Å². The molecule has 0 aliphatic rings. The van der Waals surface area contributed by atoms with Crippen LogP contribution in [0.5, 0.6) is 5.75 Å². The van der Waals surface area contributed by atoms with Crippen LogP contribution in [0.4, 0.5) is 11.4 Å². The van der Waals surface area contributed by atoms with Crippen LogP contribution in [0.2, 0.25) is 5.02 Å². The topological polar surface area (TPSA) is 77.2 Å². The van der Waals surface area contributed by atoms with Crippen molar-refractivity contribution in [3.63, 3.8) is 0 Å². The highest BCUT2D eigenvalue weighted by molar-refractivity contribution is 6.31. The minimum Gasteiger partial charge on any atom is -0.495 e. The minimum absolute atomic E-state index is 0.305. The number of halogens is 1. The van der Waals surface area contributed by atoms with E-state index in [0.717, 1.165) is 16.3 Å². The molecule has 0 atom stereocenters. The predicted octanol–water partition coefficient (Wildman–Crippen LogP) is 4.04. The largest absolute Gasteiger partial charge is 0.495 e. The first-order valence-corrected chi connectivity index (χ1v) is 7.67. The lowest BCUT2D eigenvalue weighted by molar-refractivity contribution is 0.102. The molecule has 0 radical (unpaired) electrons. The Kier molecular flexibility index (Phi) is 4.27. The fourth-order valence-corrected chi connectivity index (χ4v) is 2.79. The highest BCUT2D eigenvalue weighted by Gasteiger charge is 2.16. The van der Waals surface area contributed by atoms with Crippen LogP contribution < -0.4 is 15.8 Å². The van der Waals surface area contributed by atoms with Gasteiger partial charge in [0.15, 0.2) is 0 Å². The van der Waals surface area contributed by atoms with E-state index in [1.807, 2.05) is 19.1 Å². The molecule has 0 saturated carbocycles. The van der Waals surface area contributed by atoms with E-state index in [2.05, 4.69) is 10.3 Å². The summed E-state index contributed by atoms with van der Waals surface area (Å²) in [5.74, 6) is 0.166. The summed E-state index contributed by atoms with van der Waals surface area (Å²) in [5, 5.41) is 4.83. The zero-order valence-electron chi connectivity index (χ0n) is 13.3. The molecule has 122 valence electrons. The van der Waals surface area contributed by atoms with Crippen molar-refractivity contribution < 1.29 is 9.53 Å². The number of methoxy groups -OCH3 is 1. The summed E-state index contributed by atoms with van der Waals surface area (Å²) in [7, 11) is 1.53. The number of nitrogens with zero attached hydrogens (tertiary/aromatic N) is 1. The third-order valence-corrected chi connectivity index (χ3v) is 4.03. The highest BCUT2D eigenvalue weighted by Crippen LogP contribution is 2.30. The standard InChI is InChI=1S/C18H16ClN3O2/c1-10-3-5-13(20)12-7-8-21-17(16(10)12)18(23)22-14-9-11(19)4-6-15(14)24-2/h3-9H,20H2,1-2H3,(H,22,23). The van der Waals surface area contributed by atoms with Crippen LogP contribution in [0.1, 0.15) is 16.1 Å². The molecule has 0 fully saturated rings. The van der Waals surface area contributed by atoms with Gasteiger partial charge in [-0.3, -0.25) is 9.78 Å². The average Bonchev–Trinajstić information content (AvgIpc) is 2.58. The number of nitrogens with one attached hydrogen (secondary N) is 1. The third-order valence-electron chi connectivity index (χ3n) is 3.79. The molecule has 3 rings (SSSR count). The van der Waals surface area contributed by atoms with Gasteiger partial charge in [0.05, 0.1) is 12.8 Å². The van der Waals surface area contributed by atoms with Crippen molar-refractivity contribution in [3.05, 3.63) is 58.9 Å². The second-order valence-electron chi connectivity index (χ2n) is 5.35. The second kappa shape index (κ2) is 6.37. The van der Waals surface area contributed by atoms with E-state index >= 15 is 0 Å². The van der Waals surface area contributed by atoms with Gasteiger partial charge in [0, 0.05) is 27.7 Å². The first-order chi connectivity index (χ1) is 11.5. The zero-order chi connectivity index (χ0) is 17.3. The Balaban J connectivity index is 2.07. The summed E-state index contributed by atoms with van der Waals surface area (Å²) < 4.78 is 5.25. The molecule has 0 spiro atoms. The van der Waals surface area contributed by atoms with Crippen molar-refractivity contribution in [2.45, 2.75) is 6.92 Å². The predicted molar refractivity (Wildman–Crippen MR) is 96.8 cm³/mol. The molecule has 0 aliphatic heterocycles. The number of carbonyl (C=O) groups excluding carboxylic acids is 1. The van der Waals surface area contributed by atoms with Crippen LogP contribution in [0, 0.1) is 6.92 Å². The van der Waals surface area contributed by atoms with Gasteiger partial charge in [-0.2, -0.15) is 0 Å². The molecule has 1 heterocycles. The normalized spacial score (nSPS) is 10.6. The monoisotopic (exact) mass is 341 g/mol. The maximum Gasteiger partial charge on any atom is 0.275 e. The van der Waals surface area contributed by atoms with Crippen molar-refractivity contribution in [1.29, 1.82) is 0 Å². The van der Waals surface area contributed by atoms with E-state index < -0.39 is 0 Å². The highest BCUT2D eigenvalue weighted by atomic mass is 35.5. The van der Waals surface area contributed by atoms with Gasteiger partial charge in [0.2, 0.25) is 0 Å². The number of benzene rings is 2. The average molecular weight is 342 g/mol. The molecule has 0 saturated heterocycles. The fraction of sp³-hybridized carbons (Fsp3) is 0.111. The van der Waals surface area contributed by atoms with Gasteiger partial charge >= 0.3 is 0 Å². The van der Waals surface area contributed by atoms with Gasteiger partial charge in [-0.05, 0) is 42.8 Å². The molecule has 3 N–H and O–H groups in total. The molecular formula is C18H16ClN3O2. The Bertz CT molecular complexity index is 941. The second-order valence-corrected chi connectivity index (χ2v) is 5.79. The number of rotatable bonds is 3. The molecule has 0 aliphatic carbocycles. The van der Waals surface area contributed by atoms with Crippen molar-refractivity contribution in [1.82, 2.24) is 4.98 Å². The number of nitrogens with two attached hydrogens (primary N) is 1. The Labute approximate surface area is 144 Å². The van der Waals surface area contributed by atoms with Gasteiger partial charge < -0.3 is 15.8 Å². The Morgan fingerprint density at radius 3 is 2.79 bits per heavy atom. The smallest absolute Gasteiger partial charge is 0.275 e. The number of hydrogen-bond donors (Lipinski definition) is 2. The molecule has 6 heteroatoms. The van der Waals surface area contributed by atoms with Crippen LogP contribution in [-0.2, 0) is 0 Å². The van der Waals surface area contributed by atoms with Gasteiger partial charge in [-0.1, -0.05) is 17.7 Å². The lowest BCUT2D eigenvalue weighted by atomic mass is 10.0. The molecule has 24 heavy (non-hydrogen) atoms. The molecule has 0 bridgehead atoms. The summed E-state index contributed by atoms with van der Waals surface area (Å²) >= 11 is 6.01. The van der Waals surface area contributed by atoms with Gasteiger partial charge in [-0.15, -0.1) is 0 Å². The summed E-state index contributed by atoms with van der Waals surface area (Å²) in [5.41, 5.74) is 8.33. The molecule has 1 aromatic heterocycles. The SMILES string of the molecule is COc1ccc(Cl)cc1NC(=O)c1nccc2c(N)ccc(C)c12. The number of nitrogen functional groups attached to an aromatic ring is 1. The quantitative estimate of drug-likeness (QED) is 0.705. The van der Waals surface area contributed by atoms with Gasteiger partial charge in [0.25, 0.3) is 5.91 Å². The van der Waals surface area contributed by atoms with E-state index in [-0.39, 0.29) is 5.91 Å². The molecule has 0 unspecified atom stereocenters. The van der Waals surface area contributed by atoms with E-state index in [0.29, 0.717) is 27.8 Å². The van der Waals surface area contributed by atoms with E-state index in [4.69, 9.17) is 22.1 Å². The Morgan fingerprint density at radius 1 is 1.25 bits per heavy atom. The van der Waals surface area contributed by atoms with Crippen molar-refractivity contribution in [2.75, 3.05) is 18.2 Å². The van der Waals surface area contributed by atoms with Crippen LogP contribution in [-0.4, -0.2) is 18.0 Å². The number of fused-ring (bicyclic) bond motifs is 1. The van der Waals surface area contributed by atoms with Crippen LogP contribution in [0.15, 0.2) is 42.6 Å². The molecule has 5 nitrogen and oxygen atoms in total. The number of ether oxygens (including phenoxy) is 1. The number of aromatic nitrogens is 1. The summed E-state index contributed by atoms with van der Waals surface area (Å²) in [6.07, 6.45) is 1.57. The minimum atomic E-state index is -0.352. The Hall–Kier alpha value is -2.79. The van der Waals surface area contributed by atoms with Crippen LogP contribution >= 0.6 is 11.6 Å². The van der Waals surface area contributed by atoms with Gasteiger partial charge in [-0.25, -0.2) is 0 Å².